The third-order valence-corrected chi connectivity index (χ3v) is 5.18. The Hall–Kier alpha value is -1.14. The maximum absolute atomic E-state index is 12.2. The van der Waals surface area contributed by atoms with Gasteiger partial charge in [-0.2, -0.15) is 0 Å². The van der Waals surface area contributed by atoms with E-state index in [1.165, 1.54) is 0 Å². The van der Waals surface area contributed by atoms with Gasteiger partial charge in [0.25, 0.3) is 0 Å². The summed E-state index contributed by atoms with van der Waals surface area (Å²) in [5.41, 5.74) is 0. The molecule has 1 N–H and O–H groups in total. The molecule has 0 aliphatic carbocycles. The van der Waals surface area contributed by atoms with Gasteiger partial charge in [-0.15, -0.1) is 0 Å². The number of carbonyl (C=O) groups excluding carboxylic acids is 1. The second-order valence-corrected chi connectivity index (χ2v) is 7.34. The number of nitrogens with zero attached hydrogens (tertiary/aromatic N) is 2. The van der Waals surface area contributed by atoms with Crippen molar-refractivity contribution in [2.75, 3.05) is 31.2 Å². The zero-order valence-corrected chi connectivity index (χ0v) is 14.9. The fourth-order valence-electron chi connectivity index (χ4n) is 3.31. The molecule has 0 unspecified atom stereocenters. The molecule has 0 bridgehead atoms. The van der Waals surface area contributed by atoms with Gasteiger partial charge < -0.3 is 15.0 Å². The van der Waals surface area contributed by atoms with Crippen LogP contribution in [0.5, 0.6) is 0 Å². The third-order valence-electron chi connectivity index (χ3n) is 4.71. The molecule has 0 saturated carbocycles. The number of anilines is 1. The monoisotopic (exact) mass is 381 g/mol. The molecule has 126 valence electrons. The third kappa shape index (κ3) is 4.91. The molecule has 6 heteroatoms. The fraction of sp³-hybridized carbons (Fsp3) is 0.647. The average molecular weight is 382 g/mol. The van der Waals surface area contributed by atoms with Crippen molar-refractivity contribution in [3.05, 3.63) is 22.8 Å². The number of pyridine rings is 1. The number of hydrogen-bond donors (Lipinski definition) is 1. The van der Waals surface area contributed by atoms with Crippen molar-refractivity contribution in [1.29, 1.82) is 0 Å². The Balaban J connectivity index is 1.41. The van der Waals surface area contributed by atoms with E-state index in [1.54, 1.807) is 0 Å². The summed E-state index contributed by atoms with van der Waals surface area (Å²) in [7, 11) is 0. The predicted molar refractivity (Wildman–Crippen MR) is 93.5 cm³/mol. The molecule has 2 fully saturated rings. The molecule has 2 saturated heterocycles. The topological polar surface area (TPSA) is 54.5 Å². The number of nitrogens with one attached hydrogen (secondary N) is 1. The van der Waals surface area contributed by atoms with Crippen LogP contribution >= 0.6 is 15.9 Å². The van der Waals surface area contributed by atoms with Crippen LogP contribution in [-0.2, 0) is 9.53 Å². The first-order valence-corrected chi connectivity index (χ1v) is 9.23. The summed E-state index contributed by atoms with van der Waals surface area (Å²) in [6, 6.07) is 4.38. The summed E-state index contributed by atoms with van der Waals surface area (Å²) in [5, 5.41) is 3.17. The summed E-state index contributed by atoms with van der Waals surface area (Å²) in [5.74, 6) is 1.72. The van der Waals surface area contributed by atoms with Crippen molar-refractivity contribution in [1.82, 2.24) is 10.3 Å². The van der Waals surface area contributed by atoms with Crippen LogP contribution in [0.4, 0.5) is 5.82 Å². The Morgan fingerprint density at radius 2 is 2.00 bits per heavy atom. The van der Waals surface area contributed by atoms with Crippen LogP contribution in [0.25, 0.3) is 0 Å². The molecule has 1 aromatic rings. The van der Waals surface area contributed by atoms with E-state index in [0.29, 0.717) is 18.4 Å². The molecule has 5 nitrogen and oxygen atoms in total. The zero-order chi connectivity index (χ0) is 16.1. The van der Waals surface area contributed by atoms with Crippen molar-refractivity contribution in [2.45, 2.75) is 38.1 Å². The quantitative estimate of drug-likeness (QED) is 0.870. The lowest BCUT2D eigenvalue weighted by molar-refractivity contribution is -0.123. The normalized spacial score (nSPS) is 20.5. The fourth-order valence-corrected chi connectivity index (χ4v) is 3.55. The minimum absolute atomic E-state index is 0.206. The van der Waals surface area contributed by atoms with Gasteiger partial charge in [0.15, 0.2) is 0 Å². The number of ether oxygens (including phenoxy) is 1. The Morgan fingerprint density at radius 3 is 2.65 bits per heavy atom. The van der Waals surface area contributed by atoms with Crippen LogP contribution < -0.4 is 10.2 Å². The minimum atomic E-state index is 0.206. The molecule has 1 aromatic heterocycles. The van der Waals surface area contributed by atoms with Crippen LogP contribution in [0.3, 0.4) is 0 Å². The van der Waals surface area contributed by atoms with Crippen LogP contribution in [0.2, 0.25) is 0 Å². The van der Waals surface area contributed by atoms with Gasteiger partial charge in [-0.05, 0) is 59.7 Å². The van der Waals surface area contributed by atoms with E-state index < -0.39 is 0 Å². The van der Waals surface area contributed by atoms with Gasteiger partial charge in [0.05, 0.1) is 0 Å². The molecule has 1 amide bonds. The highest BCUT2D eigenvalue weighted by atomic mass is 79.9. The lowest BCUT2D eigenvalue weighted by Crippen LogP contribution is -2.41. The van der Waals surface area contributed by atoms with Gasteiger partial charge in [0.2, 0.25) is 5.91 Å². The highest BCUT2D eigenvalue weighted by molar-refractivity contribution is 9.10. The maximum Gasteiger partial charge on any atom is 0.220 e. The first kappa shape index (κ1) is 16.7. The summed E-state index contributed by atoms with van der Waals surface area (Å²) in [6.45, 7) is 3.49. The van der Waals surface area contributed by atoms with Gasteiger partial charge in [-0.25, -0.2) is 4.98 Å². The second-order valence-electron chi connectivity index (χ2n) is 6.42. The minimum Gasteiger partial charge on any atom is -0.381 e. The van der Waals surface area contributed by atoms with E-state index in [2.05, 4.69) is 31.1 Å². The molecule has 2 aliphatic heterocycles. The molecular formula is C17H24BrN3O2. The van der Waals surface area contributed by atoms with Crippen molar-refractivity contribution in [3.63, 3.8) is 0 Å². The predicted octanol–water partition coefficient (Wildman–Crippen LogP) is 2.75. The lowest BCUT2D eigenvalue weighted by atomic mass is 9.93. The van der Waals surface area contributed by atoms with E-state index in [-0.39, 0.29) is 5.91 Å². The summed E-state index contributed by atoms with van der Waals surface area (Å²) in [6.07, 6.45) is 6.48. The van der Waals surface area contributed by atoms with E-state index in [0.717, 1.165) is 62.3 Å². The maximum atomic E-state index is 12.2. The van der Waals surface area contributed by atoms with Crippen molar-refractivity contribution >= 4 is 27.7 Å². The van der Waals surface area contributed by atoms with Crippen molar-refractivity contribution in [3.8, 4) is 0 Å². The number of aromatic nitrogens is 1. The number of halogens is 1. The van der Waals surface area contributed by atoms with Gasteiger partial charge in [-0.3, -0.25) is 4.79 Å². The Labute approximate surface area is 145 Å². The molecular weight excluding hydrogens is 358 g/mol. The van der Waals surface area contributed by atoms with Gasteiger partial charge in [-0.1, -0.05) is 0 Å². The number of rotatable bonds is 4. The second kappa shape index (κ2) is 8.11. The van der Waals surface area contributed by atoms with Gasteiger partial charge in [0.1, 0.15) is 5.82 Å². The van der Waals surface area contributed by atoms with Crippen molar-refractivity contribution in [2.24, 2.45) is 5.92 Å². The Morgan fingerprint density at radius 1 is 1.26 bits per heavy atom. The standard InChI is InChI=1S/C17H24BrN3O2/c18-14-1-2-16(19-12-14)21-7-3-13(4-8-21)11-17(22)20-15-5-9-23-10-6-15/h1-2,12-13,15H,3-11H2,(H,20,22). The molecule has 3 heterocycles. The Bertz CT molecular complexity index is 509. The molecule has 23 heavy (non-hydrogen) atoms. The average Bonchev–Trinajstić information content (AvgIpc) is 2.57. The Kier molecular flexibility index (Phi) is 5.89. The van der Waals surface area contributed by atoms with Crippen LogP contribution in [0.15, 0.2) is 22.8 Å². The van der Waals surface area contributed by atoms with Crippen LogP contribution in [0.1, 0.15) is 32.1 Å². The van der Waals surface area contributed by atoms with Crippen molar-refractivity contribution < 1.29 is 9.53 Å². The molecule has 2 aliphatic rings. The summed E-state index contributed by atoms with van der Waals surface area (Å²) < 4.78 is 6.33. The van der Waals surface area contributed by atoms with E-state index in [1.807, 2.05) is 18.3 Å². The SMILES string of the molecule is O=C(CC1CCN(c2ccc(Br)cn2)CC1)NC1CCOCC1. The highest BCUT2D eigenvalue weighted by Crippen LogP contribution is 2.24. The molecule has 3 rings (SSSR count). The van der Waals surface area contributed by atoms with E-state index >= 15 is 0 Å². The highest BCUT2D eigenvalue weighted by Gasteiger charge is 2.23. The van der Waals surface area contributed by atoms with Crippen LogP contribution in [-0.4, -0.2) is 43.2 Å². The largest absolute Gasteiger partial charge is 0.381 e. The van der Waals surface area contributed by atoms with E-state index in [9.17, 15) is 4.79 Å². The first-order chi connectivity index (χ1) is 11.2. The van der Waals surface area contributed by atoms with Gasteiger partial charge in [0, 0.05) is 49.4 Å². The van der Waals surface area contributed by atoms with Crippen LogP contribution in [0, 0.1) is 5.92 Å². The number of piperidine rings is 1. The number of carbonyl (C=O) groups is 1. The zero-order valence-electron chi connectivity index (χ0n) is 13.3. The summed E-state index contributed by atoms with van der Waals surface area (Å²) >= 11 is 3.41. The molecule has 0 spiro atoms. The number of amides is 1. The molecule has 0 radical (unpaired) electrons. The lowest BCUT2D eigenvalue weighted by Gasteiger charge is -2.33. The van der Waals surface area contributed by atoms with E-state index in [4.69, 9.17) is 4.74 Å². The smallest absolute Gasteiger partial charge is 0.220 e. The number of hydrogen-bond acceptors (Lipinski definition) is 4. The first-order valence-electron chi connectivity index (χ1n) is 8.44. The molecule has 0 aromatic carbocycles. The van der Waals surface area contributed by atoms with Gasteiger partial charge >= 0.3 is 0 Å². The summed E-state index contributed by atoms with van der Waals surface area (Å²) in [4.78, 5) is 18.9. The molecule has 0 atom stereocenters.